The SMILES string of the molecule is O=C(Nc1ccc(F)cc1)N1CCn2cccc2[C@@H]1c1ccc(Br)cc1. The number of urea groups is 1. The molecule has 0 spiro atoms. The minimum absolute atomic E-state index is 0.174. The van der Waals surface area contributed by atoms with E-state index in [1.165, 1.54) is 12.1 Å². The first-order chi connectivity index (χ1) is 12.6. The van der Waals surface area contributed by atoms with Gasteiger partial charge in [0.15, 0.2) is 0 Å². The number of carbonyl (C=O) groups is 1. The first-order valence-electron chi connectivity index (χ1n) is 8.35. The average Bonchev–Trinajstić information content (AvgIpc) is 3.12. The number of aromatic nitrogens is 1. The van der Waals surface area contributed by atoms with Crippen LogP contribution in [0.1, 0.15) is 17.3 Å². The summed E-state index contributed by atoms with van der Waals surface area (Å²) in [4.78, 5) is 14.8. The van der Waals surface area contributed by atoms with Crippen molar-refractivity contribution in [3.8, 4) is 0 Å². The zero-order valence-corrected chi connectivity index (χ0v) is 15.5. The summed E-state index contributed by atoms with van der Waals surface area (Å²) in [5.74, 6) is -0.327. The largest absolute Gasteiger partial charge is 0.348 e. The summed E-state index contributed by atoms with van der Waals surface area (Å²) in [6, 6.07) is 17.5. The molecule has 0 saturated carbocycles. The Morgan fingerprint density at radius 3 is 2.50 bits per heavy atom. The fraction of sp³-hybridized carbons (Fsp3) is 0.150. The van der Waals surface area contributed by atoms with E-state index < -0.39 is 0 Å². The Morgan fingerprint density at radius 1 is 1.04 bits per heavy atom. The number of amides is 2. The number of carbonyl (C=O) groups excluding carboxylic acids is 1. The van der Waals surface area contributed by atoms with Gasteiger partial charge in [-0.05, 0) is 54.1 Å². The number of anilines is 1. The molecule has 0 bridgehead atoms. The summed E-state index contributed by atoms with van der Waals surface area (Å²) >= 11 is 3.46. The minimum Gasteiger partial charge on any atom is -0.348 e. The molecule has 0 unspecified atom stereocenters. The second-order valence-corrected chi connectivity index (χ2v) is 7.13. The zero-order chi connectivity index (χ0) is 18.1. The lowest BCUT2D eigenvalue weighted by Crippen LogP contribution is -2.44. The van der Waals surface area contributed by atoms with E-state index in [-0.39, 0.29) is 17.9 Å². The van der Waals surface area contributed by atoms with Crippen LogP contribution in [-0.2, 0) is 6.54 Å². The van der Waals surface area contributed by atoms with Crippen molar-refractivity contribution in [2.45, 2.75) is 12.6 Å². The van der Waals surface area contributed by atoms with Gasteiger partial charge < -0.3 is 14.8 Å². The third kappa shape index (κ3) is 3.24. The molecule has 4 rings (SSSR count). The molecular formula is C20H17BrFN3O. The fourth-order valence-electron chi connectivity index (χ4n) is 3.33. The predicted octanol–water partition coefficient (Wildman–Crippen LogP) is 5.03. The highest BCUT2D eigenvalue weighted by atomic mass is 79.9. The monoisotopic (exact) mass is 413 g/mol. The third-order valence-electron chi connectivity index (χ3n) is 4.58. The zero-order valence-electron chi connectivity index (χ0n) is 13.9. The Kier molecular flexibility index (Phi) is 4.51. The summed E-state index contributed by atoms with van der Waals surface area (Å²) in [6.07, 6.45) is 2.04. The standard InChI is InChI=1S/C20H17BrFN3O/c21-15-5-3-14(4-6-15)19-18-2-1-11-24(18)12-13-25(19)20(26)23-17-9-7-16(22)8-10-17/h1-11,19H,12-13H2,(H,23,26)/t19-/m0/s1. The summed E-state index contributed by atoms with van der Waals surface area (Å²) in [5.41, 5.74) is 2.70. The van der Waals surface area contributed by atoms with Gasteiger partial charge in [0.1, 0.15) is 5.82 Å². The van der Waals surface area contributed by atoms with Gasteiger partial charge in [-0.1, -0.05) is 28.1 Å². The molecule has 1 atom stereocenters. The molecule has 3 aromatic rings. The summed E-state index contributed by atoms with van der Waals surface area (Å²) in [6.45, 7) is 1.33. The Morgan fingerprint density at radius 2 is 1.77 bits per heavy atom. The van der Waals surface area contributed by atoms with Gasteiger partial charge in [-0.25, -0.2) is 9.18 Å². The van der Waals surface area contributed by atoms with Crippen molar-refractivity contribution in [3.05, 3.63) is 88.4 Å². The predicted molar refractivity (Wildman–Crippen MR) is 103 cm³/mol. The molecular weight excluding hydrogens is 397 g/mol. The fourth-order valence-corrected chi connectivity index (χ4v) is 3.59. The van der Waals surface area contributed by atoms with E-state index in [4.69, 9.17) is 0 Å². The Hall–Kier alpha value is -2.60. The molecule has 2 aromatic carbocycles. The van der Waals surface area contributed by atoms with Crippen LogP contribution in [0.2, 0.25) is 0 Å². The van der Waals surface area contributed by atoms with E-state index in [1.807, 2.05) is 47.5 Å². The molecule has 0 radical (unpaired) electrons. The molecule has 1 aromatic heterocycles. The van der Waals surface area contributed by atoms with Gasteiger partial charge >= 0.3 is 6.03 Å². The molecule has 1 N–H and O–H groups in total. The van der Waals surface area contributed by atoms with E-state index in [1.54, 1.807) is 12.1 Å². The highest BCUT2D eigenvalue weighted by Gasteiger charge is 2.32. The Bertz CT molecular complexity index is 921. The molecule has 26 heavy (non-hydrogen) atoms. The summed E-state index contributed by atoms with van der Waals surface area (Å²) in [7, 11) is 0. The van der Waals surface area contributed by atoms with Crippen LogP contribution in [0, 0.1) is 5.82 Å². The van der Waals surface area contributed by atoms with Crippen molar-refractivity contribution in [2.75, 3.05) is 11.9 Å². The number of fused-ring (bicyclic) bond motifs is 1. The number of hydrogen-bond acceptors (Lipinski definition) is 1. The van der Waals surface area contributed by atoms with Gasteiger partial charge in [0.2, 0.25) is 0 Å². The second-order valence-electron chi connectivity index (χ2n) is 6.21. The maximum Gasteiger partial charge on any atom is 0.322 e. The lowest BCUT2D eigenvalue weighted by Gasteiger charge is -2.37. The van der Waals surface area contributed by atoms with Crippen LogP contribution in [0.5, 0.6) is 0 Å². The van der Waals surface area contributed by atoms with Crippen LogP contribution in [0.4, 0.5) is 14.9 Å². The topological polar surface area (TPSA) is 37.3 Å². The maximum absolute atomic E-state index is 13.1. The Labute approximate surface area is 159 Å². The molecule has 6 heteroatoms. The van der Waals surface area contributed by atoms with E-state index in [0.717, 1.165) is 22.3 Å². The lowest BCUT2D eigenvalue weighted by molar-refractivity contribution is 0.182. The number of hydrogen-bond donors (Lipinski definition) is 1. The molecule has 4 nitrogen and oxygen atoms in total. The van der Waals surface area contributed by atoms with Crippen molar-refractivity contribution in [1.29, 1.82) is 0 Å². The second kappa shape index (κ2) is 6.96. The number of benzene rings is 2. The van der Waals surface area contributed by atoms with Crippen molar-refractivity contribution >= 4 is 27.6 Å². The maximum atomic E-state index is 13.1. The Balaban J connectivity index is 1.66. The van der Waals surface area contributed by atoms with E-state index in [0.29, 0.717) is 12.2 Å². The lowest BCUT2D eigenvalue weighted by atomic mass is 10.0. The molecule has 1 aliphatic rings. The van der Waals surface area contributed by atoms with Crippen LogP contribution in [0.25, 0.3) is 0 Å². The molecule has 132 valence electrons. The highest BCUT2D eigenvalue weighted by molar-refractivity contribution is 9.10. The van der Waals surface area contributed by atoms with E-state index in [9.17, 15) is 9.18 Å². The first kappa shape index (κ1) is 16.8. The van der Waals surface area contributed by atoms with E-state index >= 15 is 0 Å². The van der Waals surface area contributed by atoms with Crippen LogP contribution in [0.3, 0.4) is 0 Å². The van der Waals surface area contributed by atoms with Crippen molar-refractivity contribution < 1.29 is 9.18 Å². The van der Waals surface area contributed by atoms with Crippen molar-refractivity contribution in [1.82, 2.24) is 9.47 Å². The normalized spacial score (nSPS) is 16.2. The van der Waals surface area contributed by atoms with Gasteiger partial charge in [-0.3, -0.25) is 0 Å². The van der Waals surface area contributed by atoms with E-state index in [2.05, 4.69) is 25.8 Å². The number of nitrogens with zero attached hydrogens (tertiary/aromatic N) is 2. The number of nitrogens with one attached hydrogen (secondary N) is 1. The molecule has 1 aliphatic heterocycles. The first-order valence-corrected chi connectivity index (χ1v) is 9.15. The quantitative estimate of drug-likeness (QED) is 0.628. The van der Waals surface area contributed by atoms with Gasteiger partial charge in [-0.15, -0.1) is 0 Å². The molecule has 0 saturated heterocycles. The molecule has 2 amide bonds. The van der Waals surface area contributed by atoms with Gasteiger partial charge in [0, 0.05) is 35.1 Å². The van der Waals surface area contributed by atoms with Crippen LogP contribution in [-0.4, -0.2) is 22.0 Å². The summed E-state index contributed by atoms with van der Waals surface area (Å²) in [5, 5.41) is 2.87. The highest BCUT2D eigenvalue weighted by Crippen LogP contribution is 2.33. The van der Waals surface area contributed by atoms with Gasteiger partial charge in [0.05, 0.1) is 6.04 Å². The van der Waals surface area contributed by atoms with Gasteiger partial charge in [0.25, 0.3) is 0 Å². The van der Waals surface area contributed by atoms with Crippen LogP contribution in [0.15, 0.2) is 71.3 Å². The smallest absolute Gasteiger partial charge is 0.322 e. The molecule has 0 fully saturated rings. The number of halogens is 2. The number of rotatable bonds is 2. The summed E-state index contributed by atoms with van der Waals surface area (Å²) < 4.78 is 16.3. The van der Waals surface area contributed by atoms with Crippen LogP contribution < -0.4 is 5.32 Å². The van der Waals surface area contributed by atoms with Crippen molar-refractivity contribution in [2.24, 2.45) is 0 Å². The molecule has 0 aliphatic carbocycles. The van der Waals surface area contributed by atoms with Gasteiger partial charge in [-0.2, -0.15) is 0 Å². The molecule has 2 heterocycles. The van der Waals surface area contributed by atoms with Crippen LogP contribution >= 0.6 is 15.9 Å². The third-order valence-corrected chi connectivity index (χ3v) is 5.11. The average molecular weight is 414 g/mol. The minimum atomic E-state index is -0.327. The van der Waals surface area contributed by atoms with Crippen molar-refractivity contribution in [3.63, 3.8) is 0 Å².